The van der Waals surface area contributed by atoms with Crippen molar-refractivity contribution in [2.24, 2.45) is 11.0 Å². The summed E-state index contributed by atoms with van der Waals surface area (Å²) in [4.78, 5) is 25.8. The Morgan fingerprint density at radius 2 is 1.73 bits per heavy atom. The molecular weight excluding hydrogens is 513 g/mol. The molecule has 0 unspecified atom stereocenters. The molecular formula is C28H31Cl2N3O4. The fourth-order valence-corrected chi connectivity index (χ4v) is 4.19. The fraction of sp³-hybridized carbons (Fsp3) is 0.321. The highest BCUT2D eigenvalue weighted by molar-refractivity contribution is 6.35. The molecule has 0 aliphatic carbocycles. The number of carbonyl (C=O) groups is 2. The van der Waals surface area contributed by atoms with Crippen molar-refractivity contribution in [3.05, 3.63) is 70.2 Å². The maximum absolute atomic E-state index is 13.0. The molecule has 0 saturated carbocycles. The van der Waals surface area contributed by atoms with Gasteiger partial charge in [0.2, 0.25) is 0 Å². The number of rotatable bonds is 11. The predicted octanol–water partition coefficient (Wildman–Crippen LogP) is 5.99. The van der Waals surface area contributed by atoms with Crippen molar-refractivity contribution in [1.82, 2.24) is 10.7 Å². The van der Waals surface area contributed by atoms with E-state index < -0.39 is 24.0 Å². The van der Waals surface area contributed by atoms with Gasteiger partial charge in [0.15, 0.2) is 6.10 Å². The molecule has 0 saturated heterocycles. The van der Waals surface area contributed by atoms with Crippen molar-refractivity contribution in [3.63, 3.8) is 0 Å². The number of benzene rings is 3. The predicted molar refractivity (Wildman–Crippen MR) is 149 cm³/mol. The first-order chi connectivity index (χ1) is 17.7. The summed E-state index contributed by atoms with van der Waals surface area (Å²) < 4.78 is 11.4. The molecule has 2 atom stereocenters. The number of carbonyl (C=O) groups excluding carboxylic acids is 2. The molecule has 196 valence electrons. The monoisotopic (exact) mass is 543 g/mol. The van der Waals surface area contributed by atoms with Gasteiger partial charge in [-0.1, -0.05) is 67.4 Å². The standard InChI is InChI=1S/C28H31Cl2N3O4/c1-5-36-25-12-10-19-8-6-7-9-21(19)22(25)16-31-33-28(35)24(14-17(2)3)32-27(34)18(4)37-26-13-11-20(29)15-23(26)30/h6-13,15-18,24H,5,14H2,1-4H3,(H,32,34)(H,33,35)/b31-16-/t18-,24+/m1/s1. The Kier molecular flexibility index (Phi) is 10.2. The highest BCUT2D eigenvalue weighted by atomic mass is 35.5. The average molecular weight is 544 g/mol. The van der Waals surface area contributed by atoms with Gasteiger partial charge in [-0.2, -0.15) is 5.10 Å². The molecule has 3 aromatic carbocycles. The van der Waals surface area contributed by atoms with Crippen LogP contribution in [0.15, 0.2) is 59.7 Å². The zero-order valence-corrected chi connectivity index (χ0v) is 22.8. The molecule has 0 aliphatic rings. The van der Waals surface area contributed by atoms with Gasteiger partial charge in [0, 0.05) is 10.6 Å². The van der Waals surface area contributed by atoms with Gasteiger partial charge in [0.1, 0.15) is 17.5 Å². The summed E-state index contributed by atoms with van der Waals surface area (Å²) in [6, 6.07) is 15.6. The second-order valence-corrected chi connectivity index (χ2v) is 9.73. The molecule has 0 heterocycles. The molecule has 0 aromatic heterocycles. The van der Waals surface area contributed by atoms with Crippen LogP contribution in [-0.4, -0.2) is 36.8 Å². The largest absolute Gasteiger partial charge is 0.493 e. The third-order valence-electron chi connectivity index (χ3n) is 5.51. The van der Waals surface area contributed by atoms with Crippen LogP contribution in [0.3, 0.4) is 0 Å². The van der Waals surface area contributed by atoms with Gasteiger partial charge in [-0.3, -0.25) is 9.59 Å². The van der Waals surface area contributed by atoms with Crippen LogP contribution in [0, 0.1) is 5.92 Å². The minimum atomic E-state index is -0.894. The van der Waals surface area contributed by atoms with Crippen molar-refractivity contribution in [3.8, 4) is 11.5 Å². The van der Waals surface area contributed by atoms with Crippen LogP contribution >= 0.6 is 23.2 Å². The van der Waals surface area contributed by atoms with Crippen LogP contribution in [-0.2, 0) is 9.59 Å². The van der Waals surface area contributed by atoms with Crippen LogP contribution < -0.4 is 20.2 Å². The van der Waals surface area contributed by atoms with E-state index in [1.54, 1.807) is 25.3 Å². The van der Waals surface area contributed by atoms with E-state index in [0.29, 0.717) is 29.5 Å². The normalized spacial score (nSPS) is 12.9. The van der Waals surface area contributed by atoms with Crippen molar-refractivity contribution in [2.75, 3.05) is 6.61 Å². The lowest BCUT2D eigenvalue weighted by molar-refractivity contribution is -0.132. The van der Waals surface area contributed by atoms with Crippen LogP contribution in [0.25, 0.3) is 10.8 Å². The number of nitrogens with zero attached hydrogens (tertiary/aromatic N) is 1. The molecule has 0 radical (unpaired) electrons. The average Bonchev–Trinajstić information content (AvgIpc) is 2.86. The van der Waals surface area contributed by atoms with E-state index in [1.165, 1.54) is 6.07 Å². The zero-order chi connectivity index (χ0) is 26.9. The number of fused-ring (bicyclic) bond motifs is 1. The van der Waals surface area contributed by atoms with E-state index in [0.717, 1.165) is 16.3 Å². The smallest absolute Gasteiger partial charge is 0.262 e. The summed E-state index contributed by atoms with van der Waals surface area (Å²) in [7, 11) is 0. The first-order valence-corrected chi connectivity index (χ1v) is 12.8. The van der Waals surface area contributed by atoms with Crippen molar-refractivity contribution in [2.45, 2.75) is 46.3 Å². The minimum absolute atomic E-state index is 0.143. The Labute approximate surface area is 227 Å². The van der Waals surface area contributed by atoms with Crippen LogP contribution in [0.4, 0.5) is 0 Å². The molecule has 37 heavy (non-hydrogen) atoms. The van der Waals surface area contributed by atoms with Crippen molar-refractivity contribution < 1.29 is 19.1 Å². The van der Waals surface area contributed by atoms with Gasteiger partial charge < -0.3 is 14.8 Å². The van der Waals surface area contributed by atoms with E-state index >= 15 is 0 Å². The Morgan fingerprint density at radius 1 is 1.00 bits per heavy atom. The van der Waals surface area contributed by atoms with Crippen molar-refractivity contribution >= 4 is 52.0 Å². The lowest BCUT2D eigenvalue weighted by Crippen LogP contribution is -2.49. The number of ether oxygens (including phenoxy) is 2. The Morgan fingerprint density at radius 3 is 2.43 bits per heavy atom. The second-order valence-electron chi connectivity index (χ2n) is 8.89. The van der Waals surface area contributed by atoms with E-state index in [9.17, 15) is 9.59 Å². The third-order valence-corrected chi connectivity index (χ3v) is 6.04. The number of nitrogens with one attached hydrogen (secondary N) is 2. The Balaban J connectivity index is 1.71. The molecule has 3 rings (SSSR count). The number of hydrazone groups is 1. The molecule has 3 aromatic rings. The van der Waals surface area contributed by atoms with Crippen LogP contribution in [0.1, 0.15) is 39.7 Å². The molecule has 9 heteroatoms. The number of hydrogen-bond donors (Lipinski definition) is 2. The summed E-state index contributed by atoms with van der Waals surface area (Å²) in [6.07, 6.45) is 1.09. The fourth-order valence-electron chi connectivity index (χ4n) is 3.74. The van der Waals surface area contributed by atoms with Gasteiger partial charge in [0.25, 0.3) is 11.8 Å². The first kappa shape index (κ1) is 28.3. The molecule has 0 bridgehead atoms. The summed E-state index contributed by atoms with van der Waals surface area (Å²) >= 11 is 12.1. The third kappa shape index (κ3) is 7.84. The second kappa shape index (κ2) is 13.3. The van der Waals surface area contributed by atoms with Gasteiger partial charge in [-0.15, -0.1) is 0 Å². The number of hydrogen-bond acceptors (Lipinski definition) is 5. The molecule has 2 amide bonds. The zero-order valence-electron chi connectivity index (χ0n) is 21.3. The van der Waals surface area contributed by atoms with E-state index in [4.69, 9.17) is 32.7 Å². The molecule has 0 spiro atoms. The van der Waals surface area contributed by atoms with Gasteiger partial charge in [-0.05, 0) is 61.2 Å². The van der Waals surface area contributed by atoms with Gasteiger partial charge in [-0.25, -0.2) is 5.43 Å². The van der Waals surface area contributed by atoms with Crippen molar-refractivity contribution in [1.29, 1.82) is 0 Å². The van der Waals surface area contributed by atoms with E-state index in [2.05, 4.69) is 15.8 Å². The quantitative estimate of drug-likeness (QED) is 0.229. The summed E-state index contributed by atoms with van der Waals surface area (Å²) in [5.74, 6) is 0.239. The van der Waals surface area contributed by atoms with Crippen LogP contribution in [0.2, 0.25) is 10.0 Å². The van der Waals surface area contributed by atoms with E-state index in [-0.39, 0.29) is 10.9 Å². The molecule has 2 N–H and O–H groups in total. The summed E-state index contributed by atoms with van der Waals surface area (Å²) in [5.41, 5.74) is 3.32. The topological polar surface area (TPSA) is 89.0 Å². The first-order valence-electron chi connectivity index (χ1n) is 12.1. The molecule has 7 nitrogen and oxygen atoms in total. The lowest BCUT2D eigenvalue weighted by atomic mass is 10.0. The van der Waals surface area contributed by atoms with Crippen LogP contribution in [0.5, 0.6) is 11.5 Å². The Bertz CT molecular complexity index is 1280. The highest BCUT2D eigenvalue weighted by Gasteiger charge is 2.25. The summed E-state index contributed by atoms with van der Waals surface area (Å²) in [5, 5.41) is 9.67. The SMILES string of the molecule is CCOc1ccc2ccccc2c1/C=N\NC(=O)[C@H](CC(C)C)NC(=O)[C@@H](C)Oc1ccc(Cl)cc1Cl. The number of halogens is 2. The van der Waals surface area contributed by atoms with Gasteiger partial charge >= 0.3 is 0 Å². The highest BCUT2D eigenvalue weighted by Crippen LogP contribution is 2.29. The number of amides is 2. The lowest BCUT2D eigenvalue weighted by Gasteiger charge is -2.22. The maximum atomic E-state index is 13.0. The molecule has 0 fully saturated rings. The minimum Gasteiger partial charge on any atom is -0.493 e. The molecule has 0 aliphatic heterocycles. The Hall–Kier alpha value is -3.29. The van der Waals surface area contributed by atoms with Gasteiger partial charge in [0.05, 0.1) is 17.8 Å². The maximum Gasteiger partial charge on any atom is 0.262 e. The summed E-state index contributed by atoms with van der Waals surface area (Å²) in [6.45, 7) is 7.91. The van der Waals surface area contributed by atoms with E-state index in [1.807, 2.05) is 57.2 Å².